The summed E-state index contributed by atoms with van der Waals surface area (Å²) in [5.41, 5.74) is 3.93. The molecule has 0 aromatic rings. The lowest BCUT2D eigenvalue weighted by molar-refractivity contribution is -0.144. The number of aliphatic carboxylic acids is 1. The average molecular weight is 296 g/mol. The molecule has 0 aromatic carbocycles. The molecule has 11 heteroatoms. The Labute approximate surface area is 111 Å². The number of carbonyl (C=O) groups is 1. The Balaban J connectivity index is 2.79. The van der Waals surface area contributed by atoms with E-state index in [1.807, 2.05) is 0 Å². The zero-order valence-corrected chi connectivity index (χ0v) is 11.0. The maximum atomic E-state index is 11.2. The first-order valence-corrected chi connectivity index (χ1v) is 7.08. The van der Waals surface area contributed by atoms with Crippen molar-refractivity contribution in [3.63, 3.8) is 0 Å². The van der Waals surface area contributed by atoms with E-state index in [4.69, 9.17) is 25.4 Å². The summed E-state index contributed by atoms with van der Waals surface area (Å²) in [6.07, 6.45) is 0.540. The van der Waals surface area contributed by atoms with Gasteiger partial charge in [0.05, 0.1) is 0 Å². The molecule has 1 aliphatic rings. The van der Waals surface area contributed by atoms with Gasteiger partial charge in [-0.15, -0.1) is 0 Å². The van der Waals surface area contributed by atoms with E-state index >= 15 is 0 Å². The van der Waals surface area contributed by atoms with Crippen LogP contribution in [0.15, 0.2) is 0 Å². The van der Waals surface area contributed by atoms with Crippen molar-refractivity contribution in [1.29, 1.82) is 0 Å². The van der Waals surface area contributed by atoms with Crippen LogP contribution in [0.4, 0.5) is 0 Å². The first-order valence-electron chi connectivity index (χ1n) is 5.68. The van der Waals surface area contributed by atoms with Crippen LogP contribution < -0.4 is 5.73 Å². The summed E-state index contributed by atoms with van der Waals surface area (Å²) in [5, 5.41) is 26.5. The molecule has 9 nitrogen and oxygen atoms in total. The summed E-state index contributed by atoms with van der Waals surface area (Å²) >= 11 is 0. The van der Waals surface area contributed by atoms with Gasteiger partial charge in [0.1, 0.15) is 5.54 Å². The number of nitrogens with zero attached hydrogens (tertiary/aromatic N) is 1. The van der Waals surface area contributed by atoms with Crippen molar-refractivity contribution in [3.8, 4) is 0 Å². The highest BCUT2D eigenvalue weighted by Crippen LogP contribution is 2.31. The van der Waals surface area contributed by atoms with Crippen LogP contribution in [0.1, 0.15) is 12.8 Å². The van der Waals surface area contributed by atoms with Crippen molar-refractivity contribution in [2.24, 2.45) is 11.7 Å². The number of nitrogens with two attached hydrogens (primary N) is 1. The zero-order chi connectivity index (χ0) is 14.8. The summed E-state index contributed by atoms with van der Waals surface area (Å²) in [6.45, 7) is -0.712. The highest BCUT2D eigenvalue weighted by atomic mass is 32.2. The van der Waals surface area contributed by atoms with Crippen LogP contribution in [0, 0.1) is 5.92 Å². The average Bonchev–Trinajstić information content (AvgIpc) is 2.57. The van der Waals surface area contributed by atoms with Crippen LogP contribution in [0.5, 0.6) is 0 Å². The fourth-order valence-corrected chi connectivity index (χ4v) is 2.95. The van der Waals surface area contributed by atoms with Crippen molar-refractivity contribution < 1.29 is 32.9 Å². The lowest BCUT2D eigenvalue weighted by atomic mass is 9.78. The van der Waals surface area contributed by atoms with E-state index in [2.05, 4.69) is 0 Å². The van der Waals surface area contributed by atoms with Gasteiger partial charge in [0.25, 0.3) is 0 Å². The maximum absolute atomic E-state index is 11.2. The van der Waals surface area contributed by atoms with Gasteiger partial charge in [-0.2, -0.15) is 12.7 Å². The number of hydrogen-bond donors (Lipinski definition) is 5. The molecule has 0 spiro atoms. The lowest BCUT2D eigenvalue weighted by Crippen LogP contribution is -2.55. The first kappa shape index (κ1) is 16.3. The third-order valence-corrected chi connectivity index (χ3v) is 4.26. The third kappa shape index (κ3) is 3.87. The molecular formula is C8H17BN2O7S. The second-order valence-corrected chi connectivity index (χ2v) is 6.14. The molecule has 0 bridgehead atoms. The number of hydrogen-bond acceptors (Lipinski definition) is 6. The number of rotatable bonds is 6. The fourth-order valence-electron chi connectivity index (χ4n) is 2.21. The standard InChI is InChI=1S/C8H17BN2O7S/c10-8(7(12)13)5-11(19(16,17)18)4-6(8)2-1-3-9(14)15/h6,14-15H,1-5,10H2,(H,12,13)(H,16,17,18)/t6-,8-/m0/s1. The van der Waals surface area contributed by atoms with E-state index in [0.717, 1.165) is 0 Å². The topological polar surface area (TPSA) is 161 Å². The van der Waals surface area contributed by atoms with Gasteiger partial charge in [-0.25, -0.2) is 0 Å². The number of carboxylic acids is 1. The van der Waals surface area contributed by atoms with Gasteiger partial charge in [0.15, 0.2) is 0 Å². The smallest absolute Gasteiger partial charge is 0.451 e. The molecule has 1 rings (SSSR count). The molecule has 0 saturated carbocycles. The predicted octanol–water partition coefficient (Wildman–Crippen LogP) is -2.24. The zero-order valence-electron chi connectivity index (χ0n) is 10.1. The van der Waals surface area contributed by atoms with Crippen LogP contribution in [0.2, 0.25) is 6.32 Å². The summed E-state index contributed by atoms with van der Waals surface area (Å²) in [6, 6.07) is 0. The van der Waals surface area contributed by atoms with Crippen molar-refractivity contribution in [3.05, 3.63) is 0 Å². The SMILES string of the molecule is N[C@@]1(C(=O)O)CN(S(=O)(=O)O)C[C@@H]1CCCB(O)O. The molecule has 110 valence electrons. The first-order chi connectivity index (χ1) is 8.57. The van der Waals surface area contributed by atoms with Crippen molar-refractivity contribution in [1.82, 2.24) is 4.31 Å². The van der Waals surface area contributed by atoms with Crippen LogP contribution in [0.3, 0.4) is 0 Å². The third-order valence-electron chi connectivity index (χ3n) is 3.33. The molecule has 0 aromatic heterocycles. The van der Waals surface area contributed by atoms with E-state index in [1.54, 1.807) is 0 Å². The van der Waals surface area contributed by atoms with E-state index in [1.165, 1.54) is 0 Å². The van der Waals surface area contributed by atoms with E-state index in [0.29, 0.717) is 4.31 Å². The normalized spacial score (nSPS) is 28.5. The van der Waals surface area contributed by atoms with E-state index < -0.39 is 41.4 Å². The number of carboxylic acid groups (broad SMARTS) is 1. The Morgan fingerprint density at radius 2 is 2.05 bits per heavy atom. The molecule has 0 unspecified atom stereocenters. The second-order valence-electron chi connectivity index (χ2n) is 4.72. The molecule has 2 atom stereocenters. The summed E-state index contributed by atoms with van der Waals surface area (Å²) < 4.78 is 31.6. The molecule has 1 aliphatic heterocycles. The van der Waals surface area contributed by atoms with Gasteiger partial charge in [0.2, 0.25) is 0 Å². The predicted molar refractivity (Wildman–Crippen MR) is 65.4 cm³/mol. The Morgan fingerprint density at radius 1 is 1.47 bits per heavy atom. The summed E-state index contributed by atoms with van der Waals surface area (Å²) in [4.78, 5) is 11.2. The summed E-state index contributed by atoms with van der Waals surface area (Å²) in [5.74, 6) is -2.06. The van der Waals surface area contributed by atoms with Gasteiger partial charge in [-0.3, -0.25) is 9.35 Å². The molecule has 1 fully saturated rings. The quantitative estimate of drug-likeness (QED) is 0.271. The van der Waals surface area contributed by atoms with Crippen LogP contribution in [-0.4, -0.2) is 64.1 Å². The minimum absolute atomic E-state index is 0.0398. The van der Waals surface area contributed by atoms with Gasteiger partial charge >= 0.3 is 23.4 Å². The Morgan fingerprint density at radius 3 is 2.47 bits per heavy atom. The van der Waals surface area contributed by atoms with E-state index in [9.17, 15) is 13.2 Å². The van der Waals surface area contributed by atoms with E-state index in [-0.39, 0.29) is 25.7 Å². The van der Waals surface area contributed by atoms with Crippen LogP contribution >= 0.6 is 0 Å². The van der Waals surface area contributed by atoms with Gasteiger partial charge in [-0.1, -0.05) is 6.42 Å². The molecular weight excluding hydrogens is 279 g/mol. The molecule has 0 amide bonds. The van der Waals surface area contributed by atoms with Crippen molar-refractivity contribution in [2.75, 3.05) is 13.1 Å². The Kier molecular flexibility index (Phi) is 4.93. The van der Waals surface area contributed by atoms with Crippen molar-refractivity contribution in [2.45, 2.75) is 24.7 Å². The van der Waals surface area contributed by atoms with Crippen molar-refractivity contribution >= 4 is 23.4 Å². The molecule has 1 heterocycles. The Hall–Kier alpha value is -0.715. The second kappa shape index (κ2) is 5.73. The highest BCUT2D eigenvalue weighted by molar-refractivity contribution is 7.83. The lowest BCUT2D eigenvalue weighted by Gasteiger charge is -2.25. The molecule has 0 radical (unpaired) electrons. The van der Waals surface area contributed by atoms with Gasteiger partial charge in [-0.05, 0) is 12.7 Å². The maximum Gasteiger partial charge on any atom is 0.451 e. The largest absolute Gasteiger partial charge is 0.480 e. The monoisotopic (exact) mass is 296 g/mol. The summed E-state index contributed by atoms with van der Waals surface area (Å²) in [7, 11) is -5.99. The Bertz CT molecular complexity index is 442. The fraction of sp³-hybridized carbons (Fsp3) is 0.875. The molecule has 6 N–H and O–H groups in total. The molecule has 19 heavy (non-hydrogen) atoms. The minimum Gasteiger partial charge on any atom is -0.480 e. The highest BCUT2D eigenvalue weighted by Gasteiger charge is 2.52. The minimum atomic E-state index is -4.49. The van der Waals surface area contributed by atoms with Gasteiger partial charge < -0.3 is 20.9 Å². The molecule has 1 saturated heterocycles. The molecule has 0 aliphatic carbocycles. The van der Waals surface area contributed by atoms with Crippen LogP contribution in [0.25, 0.3) is 0 Å². The van der Waals surface area contributed by atoms with Gasteiger partial charge in [0, 0.05) is 19.0 Å². The van der Waals surface area contributed by atoms with Crippen LogP contribution in [-0.2, 0) is 15.1 Å².